The predicted octanol–water partition coefficient (Wildman–Crippen LogP) is 3.03. The molecule has 1 fully saturated rings. The van der Waals surface area contributed by atoms with Gasteiger partial charge in [-0.05, 0) is 41.5 Å². The minimum Gasteiger partial charge on any atom is -0.491 e. The Morgan fingerprint density at radius 3 is 2.56 bits per heavy atom. The highest BCUT2D eigenvalue weighted by Gasteiger charge is 2.34. The Hall–Kier alpha value is -2.87. The van der Waals surface area contributed by atoms with Crippen LogP contribution in [-0.4, -0.2) is 35.4 Å². The lowest BCUT2D eigenvalue weighted by Crippen LogP contribution is -2.44. The second-order valence-corrected chi connectivity index (χ2v) is 8.95. The van der Waals surface area contributed by atoms with E-state index in [0.29, 0.717) is 47.1 Å². The van der Waals surface area contributed by atoms with Gasteiger partial charge in [-0.15, -0.1) is 0 Å². The quantitative estimate of drug-likeness (QED) is 0.570. The number of aliphatic hydroxyl groups excluding tert-OH is 1. The zero-order valence-corrected chi connectivity index (χ0v) is 18.7. The molecule has 0 aliphatic carbocycles. The number of carbonyl (C=O) groups is 1. The highest BCUT2D eigenvalue weighted by atomic mass is 35.5. The van der Waals surface area contributed by atoms with E-state index in [9.17, 15) is 14.7 Å². The number of fused-ring (bicyclic) bond motifs is 1. The average molecular weight is 457 g/mol. The summed E-state index contributed by atoms with van der Waals surface area (Å²) in [7, 11) is 1.61. The molecule has 2 heterocycles. The van der Waals surface area contributed by atoms with E-state index < -0.39 is 11.5 Å². The van der Waals surface area contributed by atoms with Gasteiger partial charge >= 0.3 is 0 Å². The molecule has 4 rings (SSSR count). The first-order valence-electron chi connectivity index (χ1n) is 10.3. The van der Waals surface area contributed by atoms with Crippen LogP contribution in [-0.2, 0) is 24.9 Å². The maximum absolute atomic E-state index is 13.0. The smallest absolute Gasteiger partial charge is 0.263 e. The van der Waals surface area contributed by atoms with Crippen LogP contribution < -0.4 is 15.6 Å². The largest absolute Gasteiger partial charge is 0.491 e. The standard InChI is InChI=1S/C24H25ClN2O5/c1-24(12-31-13-24)14-32-20-8-16(11-28)7-17-9-19(23(30)27(2)21(17)20)22(29)26-10-15-3-5-18(25)6-4-15/h3-9,28H,10-14H2,1-2H3,(H,26,29). The van der Waals surface area contributed by atoms with Crippen molar-refractivity contribution in [2.45, 2.75) is 20.1 Å². The van der Waals surface area contributed by atoms with Crippen LogP contribution in [0, 0.1) is 5.41 Å². The van der Waals surface area contributed by atoms with Crippen LogP contribution in [0.2, 0.25) is 5.02 Å². The topological polar surface area (TPSA) is 89.8 Å². The van der Waals surface area contributed by atoms with Crippen molar-refractivity contribution in [3.05, 3.63) is 74.5 Å². The first-order valence-corrected chi connectivity index (χ1v) is 10.7. The molecule has 0 radical (unpaired) electrons. The number of ether oxygens (including phenoxy) is 2. The number of hydrogen-bond donors (Lipinski definition) is 2. The summed E-state index contributed by atoms with van der Waals surface area (Å²) in [6, 6.07) is 12.1. The van der Waals surface area contributed by atoms with Crippen LogP contribution in [0.15, 0.2) is 47.3 Å². The van der Waals surface area contributed by atoms with E-state index in [1.54, 1.807) is 37.4 Å². The van der Waals surface area contributed by atoms with Crippen LogP contribution in [0.3, 0.4) is 0 Å². The molecular formula is C24H25ClN2O5. The van der Waals surface area contributed by atoms with E-state index in [0.717, 1.165) is 5.56 Å². The van der Waals surface area contributed by atoms with Crippen LogP contribution in [0.5, 0.6) is 5.75 Å². The van der Waals surface area contributed by atoms with Crippen molar-refractivity contribution >= 4 is 28.4 Å². The molecule has 0 spiro atoms. The molecule has 168 valence electrons. The van der Waals surface area contributed by atoms with Gasteiger partial charge in [0.15, 0.2) is 0 Å². The van der Waals surface area contributed by atoms with E-state index in [-0.39, 0.29) is 24.1 Å². The van der Waals surface area contributed by atoms with Gasteiger partial charge in [-0.2, -0.15) is 0 Å². The number of pyridine rings is 1. The first-order chi connectivity index (χ1) is 15.3. The SMILES string of the molecule is Cn1c(=O)c(C(=O)NCc2ccc(Cl)cc2)cc2cc(CO)cc(OCC3(C)COC3)c21. The van der Waals surface area contributed by atoms with Gasteiger partial charge in [0.25, 0.3) is 11.5 Å². The Balaban J connectivity index is 1.65. The third-order valence-electron chi connectivity index (χ3n) is 5.61. The number of halogens is 1. The number of aryl methyl sites for hydroxylation is 1. The third kappa shape index (κ3) is 4.50. The van der Waals surface area contributed by atoms with Crippen molar-refractivity contribution in [1.29, 1.82) is 0 Å². The number of nitrogens with zero attached hydrogens (tertiary/aromatic N) is 1. The fourth-order valence-electron chi connectivity index (χ4n) is 3.69. The number of benzene rings is 2. The van der Waals surface area contributed by atoms with Gasteiger partial charge < -0.3 is 24.5 Å². The van der Waals surface area contributed by atoms with E-state index >= 15 is 0 Å². The first kappa shape index (κ1) is 22.3. The second-order valence-electron chi connectivity index (χ2n) is 8.51. The average Bonchev–Trinajstić information content (AvgIpc) is 2.77. The van der Waals surface area contributed by atoms with Crippen molar-refractivity contribution in [2.75, 3.05) is 19.8 Å². The molecule has 1 saturated heterocycles. The van der Waals surface area contributed by atoms with Crippen LogP contribution in [0.4, 0.5) is 0 Å². The fraction of sp³-hybridized carbons (Fsp3) is 0.333. The number of aliphatic hydroxyl groups is 1. The summed E-state index contributed by atoms with van der Waals surface area (Å²) in [6.07, 6.45) is 0. The maximum atomic E-state index is 13.0. The number of aromatic nitrogens is 1. The van der Waals surface area contributed by atoms with Gasteiger partial charge in [0, 0.05) is 29.4 Å². The summed E-state index contributed by atoms with van der Waals surface area (Å²) in [5, 5.41) is 13.7. The van der Waals surface area contributed by atoms with Crippen molar-refractivity contribution in [3.8, 4) is 5.75 Å². The van der Waals surface area contributed by atoms with Gasteiger partial charge in [-0.3, -0.25) is 9.59 Å². The molecule has 1 aromatic heterocycles. The zero-order valence-electron chi connectivity index (χ0n) is 18.0. The van der Waals surface area contributed by atoms with Gasteiger partial charge in [-0.25, -0.2) is 0 Å². The molecule has 2 aromatic carbocycles. The van der Waals surface area contributed by atoms with Gasteiger partial charge in [0.1, 0.15) is 11.3 Å². The molecule has 1 aliphatic heterocycles. The lowest BCUT2D eigenvalue weighted by molar-refractivity contribution is -0.120. The monoisotopic (exact) mass is 456 g/mol. The summed E-state index contributed by atoms with van der Waals surface area (Å²) in [5.74, 6) is 0.0193. The molecule has 2 N–H and O–H groups in total. The lowest BCUT2D eigenvalue weighted by Gasteiger charge is -2.37. The number of hydrogen-bond acceptors (Lipinski definition) is 5. The van der Waals surface area contributed by atoms with E-state index in [1.807, 2.05) is 12.1 Å². The molecule has 0 atom stereocenters. The normalized spacial score (nSPS) is 14.8. The number of nitrogens with one attached hydrogen (secondary N) is 1. The van der Waals surface area contributed by atoms with E-state index in [4.69, 9.17) is 21.1 Å². The highest BCUT2D eigenvalue weighted by molar-refractivity contribution is 6.30. The summed E-state index contributed by atoms with van der Waals surface area (Å²) >= 11 is 5.89. The third-order valence-corrected chi connectivity index (χ3v) is 5.86. The Morgan fingerprint density at radius 2 is 1.94 bits per heavy atom. The molecule has 7 nitrogen and oxygen atoms in total. The molecule has 32 heavy (non-hydrogen) atoms. The molecular weight excluding hydrogens is 432 g/mol. The molecule has 1 amide bonds. The number of rotatable bonds is 7. The van der Waals surface area contributed by atoms with Crippen molar-refractivity contribution in [3.63, 3.8) is 0 Å². The second kappa shape index (κ2) is 8.94. The van der Waals surface area contributed by atoms with Crippen molar-refractivity contribution < 1.29 is 19.4 Å². The number of amides is 1. The minimum absolute atomic E-state index is 0.0226. The fourth-order valence-corrected chi connectivity index (χ4v) is 3.81. The molecule has 3 aromatic rings. The van der Waals surface area contributed by atoms with Gasteiger partial charge in [0.05, 0.1) is 31.9 Å². The van der Waals surface area contributed by atoms with Gasteiger partial charge in [0.2, 0.25) is 0 Å². The Morgan fingerprint density at radius 1 is 1.22 bits per heavy atom. The zero-order chi connectivity index (χ0) is 22.9. The summed E-state index contributed by atoms with van der Waals surface area (Å²) in [6.45, 7) is 3.80. The van der Waals surface area contributed by atoms with Crippen molar-refractivity contribution in [1.82, 2.24) is 9.88 Å². The van der Waals surface area contributed by atoms with Crippen molar-refractivity contribution in [2.24, 2.45) is 12.5 Å². The van der Waals surface area contributed by atoms with Gasteiger partial charge in [-0.1, -0.05) is 30.7 Å². The lowest BCUT2D eigenvalue weighted by atomic mass is 9.90. The summed E-state index contributed by atoms with van der Waals surface area (Å²) < 4.78 is 12.8. The Kier molecular flexibility index (Phi) is 6.24. The molecule has 1 aliphatic rings. The Bertz CT molecular complexity index is 1220. The summed E-state index contributed by atoms with van der Waals surface area (Å²) in [5.41, 5.74) is 1.59. The molecule has 8 heteroatoms. The number of carbonyl (C=O) groups excluding carboxylic acids is 1. The predicted molar refractivity (Wildman–Crippen MR) is 122 cm³/mol. The van der Waals surface area contributed by atoms with E-state index in [1.165, 1.54) is 4.57 Å². The summed E-state index contributed by atoms with van der Waals surface area (Å²) in [4.78, 5) is 25.8. The van der Waals surface area contributed by atoms with Crippen LogP contribution in [0.1, 0.15) is 28.4 Å². The minimum atomic E-state index is -0.474. The molecule has 0 saturated carbocycles. The molecule has 0 bridgehead atoms. The molecule has 0 unspecified atom stereocenters. The Labute approximate surface area is 190 Å². The van der Waals surface area contributed by atoms with Crippen LogP contribution >= 0.6 is 11.6 Å². The van der Waals surface area contributed by atoms with Crippen LogP contribution in [0.25, 0.3) is 10.9 Å². The highest BCUT2D eigenvalue weighted by Crippen LogP contribution is 2.31. The van der Waals surface area contributed by atoms with E-state index in [2.05, 4.69) is 12.2 Å². The maximum Gasteiger partial charge on any atom is 0.263 e.